The van der Waals surface area contributed by atoms with E-state index >= 15 is 0 Å². The first-order chi connectivity index (χ1) is 12.2. The standard InChI is InChI=1S/C19H16BrN3OS/c1-2-23-18(17-11-14-5-3-4-6-16(14)24-17)21-22-19(23)25-12-13-7-9-15(20)10-8-13/h3-11H,2,12H2,1H3. The number of furan rings is 1. The van der Waals surface area contributed by atoms with Crippen LogP contribution in [0.15, 0.2) is 68.6 Å². The topological polar surface area (TPSA) is 43.9 Å². The van der Waals surface area contributed by atoms with Crippen LogP contribution < -0.4 is 0 Å². The average Bonchev–Trinajstić information content (AvgIpc) is 3.24. The molecule has 0 aliphatic heterocycles. The molecule has 0 amide bonds. The summed E-state index contributed by atoms with van der Waals surface area (Å²) < 4.78 is 9.13. The van der Waals surface area contributed by atoms with Gasteiger partial charge in [-0.3, -0.25) is 4.57 Å². The van der Waals surface area contributed by atoms with Crippen molar-refractivity contribution in [2.75, 3.05) is 0 Å². The molecule has 6 heteroatoms. The Morgan fingerprint density at radius 2 is 1.88 bits per heavy atom. The van der Waals surface area contributed by atoms with Gasteiger partial charge in [0.15, 0.2) is 10.9 Å². The maximum atomic E-state index is 5.95. The molecule has 0 unspecified atom stereocenters. The number of hydrogen-bond acceptors (Lipinski definition) is 4. The molecule has 0 N–H and O–H groups in total. The number of para-hydroxylation sites is 1. The van der Waals surface area contributed by atoms with Crippen molar-refractivity contribution in [3.8, 4) is 11.6 Å². The van der Waals surface area contributed by atoms with Crippen molar-refractivity contribution in [3.05, 3.63) is 64.6 Å². The Morgan fingerprint density at radius 1 is 1.08 bits per heavy atom. The first-order valence-electron chi connectivity index (χ1n) is 8.04. The maximum Gasteiger partial charge on any atom is 0.200 e. The second kappa shape index (κ2) is 7.06. The summed E-state index contributed by atoms with van der Waals surface area (Å²) in [5, 5.41) is 10.7. The largest absolute Gasteiger partial charge is 0.453 e. The van der Waals surface area contributed by atoms with Crippen LogP contribution in [0.4, 0.5) is 0 Å². The predicted octanol–water partition coefficient (Wildman–Crippen LogP) is 5.77. The van der Waals surface area contributed by atoms with Crippen LogP contribution in [0.25, 0.3) is 22.6 Å². The second-order valence-electron chi connectivity index (χ2n) is 5.61. The Bertz CT molecular complexity index is 974. The van der Waals surface area contributed by atoms with Crippen LogP contribution in [0.1, 0.15) is 12.5 Å². The van der Waals surface area contributed by atoms with Crippen molar-refractivity contribution < 1.29 is 4.42 Å². The van der Waals surface area contributed by atoms with E-state index in [1.807, 2.05) is 30.3 Å². The fraction of sp³-hybridized carbons (Fsp3) is 0.158. The van der Waals surface area contributed by atoms with Crippen molar-refractivity contribution in [1.82, 2.24) is 14.8 Å². The van der Waals surface area contributed by atoms with Crippen LogP contribution in [0.3, 0.4) is 0 Å². The minimum atomic E-state index is 0.756. The van der Waals surface area contributed by atoms with Gasteiger partial charge in [0.05, 0.1) is 0 Å². The molecule has 4 aromatic rings. The van der Waals surface area contributed by atoms with Crippen LogP contribution >= 0.6 is 27.7 Å². The fourth-order valence-corrected chi connectivity index (χ4v) is 3.91. The van der Waals surface area contributed by atoms with Gasteiger partial charge in [0.1, 0.15) is 5.58 Å². The molecular weight excluding hydrogens is 398 g/mol. The van der Waals surface area contributed by atoms with E-state index in [9.17, 15) is 0 Å². The third-order valence-electron chi connectivity index (χ3n) is 3.96. The number of aromatic nitrogens is 3. The molecule has 0 radical (unpaired) electrons. The van der Waals surface area contributed by atoms with Crippen LogP contribution in [0.2, 0.25) is 0 Å². The van der Waals surface area contributed by atoms with Crippen LogP contribution in [-0.2, 0) is 12.3 Å². The normalized spacial score (nSPS) is 11.3. The van der Waals surface area contributed by atoms with E-state index in [1.165, 1.54) is 5.56 Å². The Kier molecular flexibility index (Phi) is 4.63. The van der Waals surface area contributed by atoms with Gasteiger partial charge in [0.25, 0.3) is 0 Å². The Hall–Kier alpha value is -2.05. The van der Waals surface area contributed by atoms with Gasteiger partial charge in [0.2, 0.25) is 5.82 Å². The number of rotatable bonds is 5. The average molecular weight is 414 g/mol. The molecule has 0 saturated carbocycles. The summed E-state index contributed by atoms with van der Waals surface area (Å²) in [6.45, 7) is 2.89. The minimum absolute atomic E-state index is 0.756. The third kappa shape index (κ3) is 3.37. The highest BCUT2D eigenvalue weighted by Gasteiger charge is 2.16. The molecular formula is C19H16BrN3OS. The minimum Gasteiger partial charge on any atom is -0.453 e. The molecule has 0 fully saturated rings. The SMILES string of the molecule is CCn1c(SCc2ccc(Br)cc2)nnc1-c1cc2ccccc2o1. The smallest absolute Gasteiger partial charge is 0.200 e. The maximum absolute atomic E-state index is 5.95. The van der Waals surface area contributed by atoms with Gasteiger partial charge >= 0.3 is 0 Å². The van der Waals surface area contributed by atoms with E-state index in [2.05, 4.69) is 61.9 Å². The zero-order chi connectivity index (χ0) is 17.2. The van der Waals surface area contributed by atoms with Gasteiger partial charge in [-0.15, -0.1) is 10.2 Å². The molecule has 4 nitrogen and oxygen atoms in total. The van der Waals surface area contributed by atoms with E-state index in [0.717, 1.165) is 44.5 Å². The second-order valence-corrected chi connectivity index (χ2v) is 7.47. The summed E-state index contributed by atoms with van der Waals surface area (Å²) in [6, 6.07) is 18.3. The Labute approximate surface area is 158 Å². The monoisotopic (exact) mass is 413 g/mol. The van der Waals surface area contributed by atoms with E-state index < -0.39 is 0 Å². The van der Waals surface area contributed by atoms with Crippen molar-refractivity contribution in [1.29, 1.82) is 0 Å². The molecule has 0 aliphatic rings. The molecule has 4 rings (SSSR count). The van der Waals surface area contributed by atoms with Crippen LogP contribution in [0, 0.1) is 0 Å². The van der Waals surface area contributed by atoms with E-state index in [1.54, 1.807) is 11.8 Å². The lowest BCUT2D eigenvalue weighted by Crippen LogP contribution is -1.99. The number of benzene rings is 2. The summed E-state index contributed by atoms with van der Waals surface area (Å²) in [6.07, 6.45) is 0. The van der Waals surface area contributed by atoms with E-state index in [-0.39, 0.29) is 0 Å². The molecule has 0 aliphatic carbocycles. The van der Waals surface area contributed by atoms with E-state index in [4.69, 9.17) is 4.42 Å². The number of halogens is 1. The zero-order valence-corrected chi connectivity index (χ0v) is 16.0. The van der Waals surface area contributed by atoms with Gasteiger partial charge in [-0.25, -0.2) is 0 Å². The summed E-state index contributed by atoms with van der Waals surface area (Å²) in [5.41, 5.74) is 2.12. The Morgan fingerprint density at radius 3 is 2.64 bits per heavy atom. The van der Waals surface area contributed by atoms with Crippen LogP contribution in [-0.4, -0.2) is 14.8 Å². The zero-order valence-electron chi connectivity index (χ0n) is 13.6. The summed E-state index contributed by atoms with van der Waals surface area (Å²) in [4.78, 5) is 0. The molecule has 2 aromatic carbocycles. The highest BCUT2D eigenvalue weighted by molar-refractivity contribution is 9.10. The molecule has 0 saturated heterocycles. The van der Waals surface area contributed by atoms with Gasteiger partial charge in [-0.05, 0) is 36.8 Å². The van der Waals surface area contributed by atoms with Gasteiger partial charge in [-0.1, -0.05) is 58.0 Å². The summed E-state index contributed by atoms with van der Waals surface area (Å²) in [5.74, 6) is 2.38. The lowest BCUT2D eigenvalue weighted by Gasteiger charge is -2.06. The first-order valence-corrected chi connectivity index (χ1v) is 9.82. The van der Waals surface area contributed by atoms with Crippen molar-refractivity contribution in [2.24, 2.45) is 0 Å². The predicted molar refractivity (Wildman–Crippen MR) is 105 cm³/mol. The molecule has 0 spiro atoms. The van der Waals surface area contributed by atoms with Gasteiger partial charge in [0, 0.05) is 22.2 Å². The first kappa shape index (κ1) is 16.4. The van der Waals surface area contributed by atoms with Crippen molar-refractivity contribution >= 4 is 38.7 Å². The fourth-order valence-electron chi connectivity index (χ4n) is 2.68. The summed E-state index contributed by atoms with van der Waals surface area (Å²) in [7, 11) is 0. The lowest BCUT2D eigenvalue weighted by molar-refractivity contribution is 0.607. The number of thioether (sulfide) groups is 1. The third-order valence-corrected chi connectivity index (χ3v) is 5.53. The highest BCUT2D eigenvalue weighted by atomic mass is 79.9. The lowest BCUT2D eigenvalue weighted by atomic mass is 10.2. The van der Waals surface area contributed by atoms with E-state index in [0.29, 0.717) is 0 Å². The number of fused-ring (bicyclic) bond motifs is 1. The van der Waals surface area contributed by atoms with Gasteiger partial charge in [-0.2, -0.15) is 0 Å². The molecule has 0 bridgehead atoms. The molecule has 126 valence electrons. The molecule has 2 heterocycles. The molecule has 2 aromatic heterocycles. The highest BCUT2D eigenvalue weighted by Crippen LogP contribution is 2.30. The number of nitrogens with zero attached hydrogens (tertiary/aromatic N) is 3. The van der Waals surface area contributed by atoms with Crippen LogP contribution in [0.5, 0.6) is 0 Å². The molecule has 0 atom stereocenters. The van der Waals surface area contributed by atoms with Gasteiger partial charge < -0.3 is 4.42 Å². The molecule has 25 heavy (non-hydrogen) atoms. The van der Waals surface area contributed by atoms with Crippen molar-refractivity contribution in [2.45, 2.75) is 24.4 Å². The van der Waals surface area contributed by atoms with Crippen molar-refractivity contribution in [3.63, 3.8) is 0 Å². The Balaban J connectivity index is 1.61. The number of hydrogen-bond donors (Lipinski definition) is 0. The summed E-state index contributed by atoms with van der Waals surface area (Å²) >= 11 is 5.15. The quantitative estimate of drug-likeness (QED) is 0.389.